The minimum atomic E-state index is -0.677. The Bertz CT molecular complexity index is 442. The third kappa shape index (κ3) is 5.42. The molecule has 0 saturated heterocycles. The summed E-state index contributed by atoms with van der Waals surface area (Å²) in [5.41, 5.74) is 0.907. The van der Waals surface area contributed by atoms with Gasteiger partial charge in [0.1, 0.15) is 5.75 Å². The molecule has 0 radical (unpaired) electrons. The Labute approximate surface area is 119 Å². The average Bonchev–Trinajstić information content (AvgIpc) is 2.45. The Morgan fingerprint density at radius 3 is 2.55 bits per heavy atom. The van der Waals surface area contributed by atoms with Crippen LogP contribution in [-0.4, -0.2) is 56.4 Å². The van der Waals surface area contributed by atoms with Crippen molar-refractivity contribution in [2.45, 2.75) is 6.10 Å². The number of amides is 1. The number of rotatable bonds is 7. The summed E-state index contributed by atoms with van der Waals surface area (Å²) in [4.78, 5) is 13.3. The molecule has 1 aromatic rings. The van der Waals surface area contributed by atoms with Crippen molar-refractivity contribution >= 4 is 12.0 Å². The number of benzene rings is 1. The van der Waals surface area contributed by atoms with E-state index in [1.54, 1.807) is 20.2 Å². The second kappa shape index (κ2) is 8.35. The third-order valence-electron chi connectivity index (χ3n) is 2.75. The largest absolute Gasteiger partial charge is 0.497 e. The van der Waals surface area contributed by atoms with Crippen LogP contribution in [0.1, 0.15) is 5.56 Å². The summed E-state index contributed by atoms with van der Waals surface area (Å²) in [6.45, 7) is 0.444. The van der Waals surface area contributed by atoms with Crippen LogP contribution in [0.5, 0.6) is 5.75 Å². The zero-order valence-corrected chi connectivity index (χ0v) is 12.1. The lowest BCUT2D eigenvalue weighted by Crippen LogP contribution is -2.35. The number of ether oxygens (including phenoxy) is 2. The van der Waals surface area contributed by atoms with Crippen LogP contribution < -0.4 is 4.74 Å². The van der Waals surface area contributed by atoms with Crippen LogP contribution in [0.4, 0.5) is 0 Å². The number of nitrogens with zero attached hydrogens (tertiary/aromatic N) is 1. The van der Waals surface area contributed by atoms with Crippen LogP contribution >= 0.6 is 0 Å². The monoisotopic (exact) mass is 279 g/mol. The number of likely N-dealkylation sites (N-methyl/N-ethyl adjacent to an activating group) is 1. The van der Waals surface area contributed by atoms with Crippen molar-refractivity contribution in [3.63, 3.8) is 0 Å². The van der Waals surface area contributed by atoms with Crippen molar-refractivity contribution in [3.8, 4) is 5.75 Å². The molecule has 1 aromatic carbocycles. The van der Waals surface area contributed by atoms with E-state index in [0.717, 1.165) is 11.3 Å². The minimum Gasteiger partial charge on any atom is -0.497 e. The SMILES string of the molecule is COCC(O)CN(C)C(=O)C=Cc1ccc(OC)cc1. The zero-order chi connectivity index (χ0) is 15.0. The molecule has 0 aliphatic rings. The summed E-state index contributed by atoms with van der Waals surface area (Å²) < 4.78 is 9.88. The van der Waals surface area contributed by atoms with Gasteiger partial charge >= 0.3 is 0 Å². The molecule has 5 nitrogen and oxygen atoms in total. The van der Waals surface area contributed by atoms with Gasteiger partial charge in [0.2, 0.25) is 5.91 Å². The van der Waals surface area contributed by atoms with Gasteiger partial charge in [0.05, 0.1) is 19.8 Å². The normalized spacial score (nSPS) is 12.4. The molecule has 5 heteroatoms. The molecule has 1 atom stereocenters. The summed E-state index contributed by atoms with van der Waals surface area (Å²) >= 11 is 0. The van der Waals surface area contributed by atoms with Gasteiger partial charge in [-0.25, -0.2) is 0 Å². The first-order chi connectivity index (χ1) is 9.56. The number of aliphatic hydroxyl groups excluding tert-OH is 1. The molecule has 1 amide bonds. The maximum absolute atomic E-state index is 11.8. The number of hydrogen-bond acceptors (Lipinski definition) is 4. The van der Waals surface area contributed by atoms with Crippen molar-refractivity contribution in [1.82, 2.24) is 4.90 Å². The van der Waals surface area contributed by atoms with Crippen molar-refractivity contribution < 1.29 is 19.4 Å². The molecule has 1 unspecified atom stereocenters. The molecule has 0 aromatic heterocycles. The highest BCUT2D eigenvalue weighted by Gasteiger charge is 2.10. The quantitative estimate of drug-likeness (QED) is 0.761. The second-order valence-corrected chi connectivity index (χ2v) is 4.43. The number of carbonyl (C=O) groups is 1. The Morgan fingerprint density at radius 1 is 1.35 bits per heavy atom. The molecule has 0 fully saturated rings. The first-order valence-electron chi connectivity index (χ1n) is 6.31. The van der Waals surface area contributed by atoms with E-state index < -0.39 is 6.10 Å². The van der Waals surface area contributed by atoms with Crippen LogP contribution in [0.25, 0.3) is 6.08 Å². The minimum absolute atomic E-state index is 0.170. The van der Waals surface area contributed by atoms with Gasteiger partial charge in [0.15, 0.2) is 0 Å². The van der Waals surface area contributed by atoms with Gasteiger partial charge in [-0.15, -0.1) is 0 Å². The summed E-state index contributed by atoms with van der Waals surface area (Å²) in [5, 5.41) is 9.55. The predicted octanol–water partition coefficient (Wildman–Crippen LogP) is 1.17. The van der Waals surface area contributed by atoms with Crippen molar-refractivity contribution in [3.05, 3.63) is 35.9 Å². The van der Waals surface area contributed by atoms with E-state index in [9.17, 15) is 9.90 Å². The molecule has 110 valence electrons. The van der Waals surface area contributed by atoms with E-state index in [-0.39, 0.29) is 19.1 Å². The molecule has 0 heterocycles. The highest BCUT2D eigenvalue weighted by Crippen LogP contribution is 2.12. The molecule has 0 saturated carbocycles. The molecular formula is C15H21NO4. The lowest BCUT2D eigenvalue weighted by Gasteiger charge is -2.18. The Balaban J connectivity index is 2.53. The fourth-order valence-electron chi connectivity index (χ4n) is 1.66. The van der Waals surface area contributed by atoms with E-state index >= 15 is 0 Å². The maximum atomic E-state index is 11.8. The fourth-order valence-corrected chi connectivity index (χ4v) is 1.66. The highest BCUT2D eigenvalue weighted by atomic mass is 16.5. The van der Waals surface area contributed by atoms with E-state index in [4.69, 9.17) is 9.47 Å². The highest BCUT2D eigenvalue weighted by molar-refractivity contribution is 5.91. The van der Waals surface area contributed by atoms with E-state index in [1.165, 1.54) is 18.1 Å². The first kappa shape index (κ1) is 16.2. The predicted molar refractivity (Wildman–Crippen MR) is 77.5 cm³/mol. The van der Waals surface area contributed by atoms with Gasteiger partial charge in [-0.3, -0.25) is 4.79 Å². The van der Waals surface area contributed by atoms with Crippen molar-refractivity contribution in [2.24, 2.45) is 0 Å². The number of carbonyl (C=O) groups excluding carboxylic acids is 1. The number of methoxy groups -OCH3 is 2. The van der Waals surface area contributed by atoms with Crippen LogP contribution in [-0.2, 0) is 9.53 Å². The number of aliphatic hydroxyl groups is 1. The van der Waals surface area contributed by atoms with Gasteiger partial charge in [-0.2, -0.15) is 0 Å². The van der Waals surface area contributed by atoms with E-state index in [2.05, 4.69) is 0 Å². The zero-order valence-electron chi connectivity index (χ0n) is 12.1. The van der Waals surface area contributed by atoms with Crippen LogP contribution in [0.15, 0.2) is 30.3 Å². The molecule has 0 bridgehead atoms. The van der Waals surface area contributed by atoms with Crippen LogP contribution in [0.3, 0.4) is 0 Å². The smallest absolute Gasteiger partial charge is 0.246 e. The van der Waals surface area contributed by atoms with Crippen molar-refractivity contribution in [1.29, 1.82) is 0 Å². The fraction of sp³-hybridized carbons (Fsp3) is 0.400. The van der Waals surface area contributed by atoms with Gasteiger partial charge in [0.25, 0.3) is 0 Å². The van der Waals surface area contributed by atoms with Gasteiger partial charge in [-0.1, -0.05) is 12.1 Å². The maximum Gasteiger partial charge on any atom is 0.246 e. The Morgan fingerprint density at radius 2 is 2.00 bits per heavy atom. The van der Waals surface area contributed by atoms with Crippen LogP contribution in [0.2, 0.25) is 0 Å². The number of hydrogen-bond donors (Lipinski definition) is 1. The third-order valence-corrected chi connectivity index (χ3v) is 2.75. The molecular weight excluding hydrogens is 258 g/mol. The van der Waals surface area contributed by atoms with E-state index in [0.29, 0.717) is 0 Å². The van der Waals surface area contributed by atoms with Gasteiger partial charge in [0, 0.05) is 26.8 Å². The topological polar surface area (TPSA) is 59.0 Å². The van der Waals surface area contributed by atoms with Gasteiger partial charge < -0.3 is 19.5 Å². The second-order valence-electron chi connectivity index (χ2n) is 4.43. The molecule has 1 rings (SSSR count). The molecule has 0 aliphatic carbocycles. The molecule has 0 aliphatic heterocycles. The average molecular weight is 279 g/mol. The summed E-state index contributed by atoms with van der Waals surface area (Å²) in [7, 11) is 4.75. The lowest BCUT2D eigenvalue weighted by atomic mass is 10.2. The molecule has 20 heavy (non-hydrogen) atoms. The molecule has 0 spiro atoms. The Hall–Kier alpha value is -1.85. The van der Waals surface area contributed by atoms with Crippen molar-refractivity contribution in [2.75, 3.05) is 34.4 Å². The Kier molecular flexibility index (Phi) is 6.76. The lowest BCUT2D eigenvalue weighted by molar-refractivity contribution is -0.126. The first-order valence-corrected chi connectivity index (χ1v) is 6.31. The summed E-state index contributed by atoms with van der Waals surface area (Å²) in [6.07, 6.45) is 2.52. The van der Waals surface area contributed by atoms with E-state index in [1.807, 2.05) is 24.3 Å². The summed E-state index contributed by atoms with van der Waals surface area (Å²) in [5.74, 6) is 0.601. The van der Waals surface area contributed by atoms with Gasteiger partial charge in [-0.05, 0) is 23.8 Å². The van der Waals surface area contributed by atoms with Crippen LogP contribution in [0, 0.1) is 0 Å². The summed E-state index contributed by atoms with van der Waals surface area (Å²) in [6, 6.07) is 7.39. The standard InChI is InChI=1S/C15H21NO4/c1-16(10-13(17)11-19-2)15(18)9-6-12-4-7-14(20-3)8-5-12/h4-9,13,17H,10-11H2,1-3H3. The molecule has 1 N–H and O–H groups in total.